The van der Waals surface area contributed by atoms with E-state index in [2.05, 4.69) is 57.9 Å². The third-order valence-corrected chi connectivity index (χ3v) is 5.86. The third-order valence-electron chi connectivity index (χ3n) is 5.86. The predicted octanol–water partition coefficient (Wildman–Crippen LogP) is 4.82. The highest BCUT2D eigenvalue weighted by atomic mass is 16.2. The Balaban J connectivity index is 1.71. The van der Waals surface area contributed by atoms with Crippen molar-refractivity contribution in [1.82, 2.24) is 14.5 Å². The Labute approximate surface area is 178 Å². The van der Waals surface area contributed by atoms with Gasteiger partial charge in [0.15, 0.2) is 0 Å². The van der Waals surface area contributed by atoms with E-state index in [1.54, 1.807) is 0 Å². The number of carbonyl (C=O) groups is 1. The summed E-state index contributed by atoms with van der Waals surface area (Å²) in [6, 6.07) is 16.4. The molecule has 4 rings (SSSR count). The number of carbonyl (C=O) groups excluding carboxylic acids is 1. The number of benzene rings is 2. The number of hydrogen-bond acceptors (Lipinski definition) is 3. The lowest BCUT2D eigenvalue weighted by atomic mass is 9.99. The number of fused-ring (bicyclic) bond motifs is 1. The molecule has 0 fully saturated rings. The van der Waals surface area contributed by atoms with Gasteiger partial charge in [-0.15, -0.1) is 0 Å². The Morgan fingerprint density at radius 3 is 2.67 bits per heavy atom. The highest BCUT2D eigenvalue weighted by Crippen LogP contribution is 2.33. The quantitative estimate of drug-likeness (QED) is 0.666. The highest BCUT2D eigenvalue weighted by Gasteiger charge is 2.37. The molecule has 0 aliphatic carbocycles. The lowest BCUT2D eigenvalue weighted by molar-refractivity contribution is -0.122. The second-order valence-corrected chi connectivity index (χ2v) is 8.49. The smallest absolute Gasteiger partial charge is 0.247 e. The molecule has 1 atom stereocenters. The molecule has 0 saturated heterocycles. The van der Waals surface area contributed by atoms with Crippen molar-refractivity contribution in [1.29, 1.82) is 0 Å². The molecule has 0 bridgehead atoms. The molecule has 5 heteroatoms. The van der Waals surface area contributed by atoms with Crippen LogP contribution in [0.15, 0.2) is 54.9 Å². The molecule has 1 amide bonds. The summed E-state index contributed by atoms with van der Waals surface area (Å²) < 4.78 is 2.15. The largest absolute Gasteiger partial charge is 0.330 e. The van der Waals surface area contributed by atoms with Gasteiger partial charge in [-0.1, -0.05) is 42.5 Å². The average Bonchev–Trinajstić information content (AvgIpc) is 3.15. The Morgan fingerprint density at radius 1 is 1.17 bits per heavy atom. The number of nitrogens with zero attached hydrogens (tertiary/aromatic N) is 3. The Bertz CT molecular complexity index is 1040. The van der Waals surface area contributed by atoms with Crippen molar-refractivity contribution in [2.75, 3.05) is 11.9 Å². The van der Waals surface area contributed by atoms with Gasteiger partial charge in [-0.2, -0.15) is 0 Å². The first-order valence-electron chi connectivity index (χ1n) is 10.7. The maximum atomic E-state index is 13.7. The van der Waals surface area contributed by atoms with Crippen LogP contribution in [0.2, 0.25) is 0 Å². The zero-order valence-electron chi connectivity index (χ0n) is 18.2. The van der Waals surface area contributed by atoms with E-state index in [1.165, 1.54) is 5.56 Å². The van der Waals surface area contributed by atoms with E-state index < -0.39 is 0 Å². The maximum Gasteiger partial charge on any atom is 0.247 e. The van der Waals surface area contributed by atoms with Gasteiger partial charge in [-0.3, -0.25) is 9.69 Å². The fourth-order valence-electron chi connectivity index (χ4n) is 4.21. The van der Waals surface area contributed by atoms with Gasteiger partial charge >= 0.3 is 0 Å². The summed E-state index contributed by atoms with van der Waals surface area (Å²) in [4.78, 5) is 20.6. The number of amides is 1. The van der Waals surface area contributed by atoms with Crippen LogP contribution in [0.1, 0.15) is 54.0 Å². The van der Waals surface area contributed by atoms with Crippen molar-refractivity contribution in [2.45, 2.75) is 52.7 Å². The molecule has 30 heavy (non-hydrogen) atoms. The van der Waals surface area contributed by atoms with Crippen LogP contribution in [0, 0.1) is 13.8 Å². The molecule has 1 aromatic heterocycles. The first-order chi connectivity index (χ1) is 14.4. The van der Waals surface area contributed by atoms with Crippen LogP contribution >= 0.6 is 0 Å². The second-order valence-electron chi connectivity index (χ2n) is 8.49. The third kappa shape index (κ3) is 4.03. The minimum absolute atomic E-state index is 0.00276. The summed E-state index contributed by atoms with van der Waals surface area (Å²) in [5.74, 6) is 0.00276. The normalized spacial score (nSPS) is 16.5. The molecule has 1 aliphatic rings. The van der Waals surface area contributed by atoms with Crippen LogP contribution in [0.25, 0.3) is 0 Å². The zero-order chi connectivity index (χ0) is 21.3. The van der Waals surface area contributed by atoms with E-state index >= 15 is 0 Å². The van der Waals surface area contributed by atoms with Crippen LogP contribution < -0.4 is 5.32 Å². The van der Waals surface area contributed by atoms with Crippen molar-refractivity contribution in [3.8, 4) is 0 Å². The van der Waals surface area contributed by atoms with Crippen LogP contribution in [0.3, 0.4) is 0 Å². The predicted molar refractivity (Wildman–Crippen MR) is 120 cm³/mol. The molecule has 0 radical (unpaired) electrons. The van der Waals surface area contributed by atoms with Crippen molar-refractivity contribution in [3.05, 3.63) is 82.9 Å². The Kier molecular flexibility index (Phi) is 5.73. The first kappa shape index (κ1) is 20.4. The lowest BCUT2D eigenvalue weighted by Crippen LogP contribution is -2.42. The lowest BCUT2D eigenvalue weighted by Gasteiger charge is -2.36. The van der Waals surface area contributed by atoms with Gasteiger partial charge in [0.25, 0.3) is 0 Å². The molecule has 2 heterocycles. The second kappa shape index (κ2) is 8.44. The minimum atomic E-state index is -0.376. The average molecular weight is 403 g/mol. The van der Waals surface area contributed by atoms with Gasteiger partial charge in [-0.05, 0) is 50.5 Å². The Morgan fingerprint density at radius 2 is 1.93 bits per heavy atom. The summed E-state index contributed by atoms with van der Waals surface area (Å²) in [6.45, 7) is 9.89. The van der Waals surface area contributed by atoms with Crippen molar-refractivity contribution in [2.24, 2.45) is 0 Å². The molecule has 1 N–H and O–H groups in total. The van der Waals surface area contributed by atoms with Gasteiger partial charge in [0.05, 0.1) is 17.7 Å². The van der Waals surface area contributed by atoms with E-state index in [1.807, 2.05) is 44.4 Å². The SMILES string of the molecule is Cc1ccc(C)c(NC(=O)C2c3c(ncn3C(C)C)CCN2Cc2ccccc2)c1. The van der Waals surface area contributed by atoms with E-state index in [4.69, 9.17) is 0 Å². The minimum Gasteiger partial charge on any atom is -0.330 e. The van der Waals surface area contributed by atoms with Crippen LogP contribution in [-0.4, -0.2) is 26.9 Å². The molecule has 2 aromatic carbocycles. The fraction of sp³-hybridized carbons (Fsp3) is 0.360. The number of aromatic nitrogens is 2. The van der Waals surface area contributed by atoms with Crippen molar-refractivity contribution >= 4 is 11.6 Å². The summed E-state index contributed by atoms with van der Waals surface area (Å²) in [7, 11) is 0. The van der Waals surface area contributed by atoms with Gasteiger partial charge < -0.3 is 9.88 Å². The number of hydrogen-bond donors (Lipinski definition) is 1. The molecule has 3 aromatic rings. The monoisotopic (exact) mass is 402 g/mol. The topological polar surface area (TPSA) is 50.2 Å². The van der Waals surface area contributed by atoms with E-state index in [-0.39, 0.29) is 18.0 Å². The molecule has 1 unspecified atom stereocenters. The Hall–Kier alpha value is -2.92. The molecule has 1 aliphatic heterocycles. The molecule has 5 nitrogen and oxygen atoms in total. The van der Waals surface area contributed by atoms with Crippen LogP contribution in [0.5, 0.6) is 0 Å². The summed E-state index contributed by atoms with van der Waals surface area (Å²) in [5.41, 5.74) is 6.35. The summed E-state index contributed by atoms with van der Waals surface area (Å²) >= 11 is 0. The molecule has 0 saturated carbocycles. The number of nitrogens with one attached hydrogen (secondary N) is 1. The van der Waals surface area contributed by atoms with Gasteiger partial charge in [-0.25, -0.2) is 4.98 Å². The van der Waals surface area contributed by atoms with E-state index in [0.29, 0.717) is 0 Å². The zero-order valence-corrected chi connectivity index (χ0v) is 18.2. The number of anilines is 1. The van der Waals surface area contributed by atoms with Crippen LogP contribution in [-0.2, 0) is 17.8 Å². The van der Waals surface area contributed by atoms with Gasteiger partial charge in [0.2, 0.25) is 5.91 Å². The van der Waals surface area contributed by atoms with Crippen LogP contribution in [0.4, 0.5) is 5.69 Å². The van der Waals surface area contributed by atoms with Gasteiger partial charge in [0.1, 0.15) is 6.04 Å². The van der Waals surface area contributed by atoms with Gasteiger partial charge in [0, 0.05) is 31.2 Å². The maximum absolute atomic E-state index is 13.7. The summed E-state index contributed by atoms with van der Waals surface area (Å²) in [6.07, 6.45) is 2.74. The molecular formula is C25H30N4O. The number of imidazole rings is 1. The molecular weight excluding hydrogens is 372 g/mol. The van der Waals surface area contributed by atoms with E-state index in [0.717, 1.165) is 47.7 Å². The summed E-state index contributed by atoms with van der Waals surface area (Å²) in [5, 5.41) is 3.21. The number of aryl methyl sites for hydroxylation is 2. The standard InChI is InChI=1S/C25H30N4O/c1-17(2)29-16-26-21-12-13-28(15-20-8-6-5-7-9-20)24(23(21)29)25(30)27-22-14-18(3)10-11-19(22)4/h5-11,14,16-17,24H,12-13,15H2,1-4H3,(H,27,30). The highest BCUT2D eigenvalue weighted by molar-refractivity contribution is 5.96. The first-order valence-corrected chi connectivity index (χ1v) is 10.7. The fourth-order valence-corrected chi connectivity index (χ4v) is 4.21. The number of rotatable bonds is 5. The molecule has 0 spiro atoms. The molecule has 156 valence electrons. The van der Waals surface area contributed by atoms with Crippen molar-refractivity contribution < 1.29 is 4.79 Å². The van der Waals surface area contributed by atoms with Crippen molar-refractivity contribution in [3.63, 3.8) is 0 Å². The van der Waals surface area contributed by atoms with E-state index in [9.17, 15) is 4.79 Å².